The molecule has 18 heavy (non-hydrogen) atoms. The second-order valence-electron chi connectivity index (χ2n) is 4.22. The van der Waals surface area contributed by atoms with E-state index in [1.807, 2.05) is 20.8 Å². The first kappa shape index (κ1) is 14.1. The number of nitro groups is 1. The fraction of sp³-hybridized carbons (Fsp3) is 0.600. The molecule has 1 aromatic rings. The van der Waals surface area contributed by atoms with Crippen LogP contribution in [0.3, 0.4) is 0 Å². The average Bonchev–Trinajstić information content (AvgIpc) is 2.34. The Morgan fingerprint density at radius 1 is 1.44 bits per heavy atom. The zero-order valence-electron chi connectivity index (χ0n) is 10.7. The normalized spacial score (nSPS) is 12.3. The number of nitrogen functional groups attached to an aromatic ring is 1. The molecule has 0 aliphatic rings. The molecule has 0 aliphatic heterocycles. The van der Waals surface area contributed by atoms with Crippen LogP contribution in [0, 0.1) is 16.0 Å². The van der Waals surface area contributed by atoms with Gasteiger partial charge >= 0.3 is 5.69 Å². The zero-order valence-corrected chi connectivity index (χ0v) is 10.7. The largest absolute Gasteiger partial charge is 0.361 e. The molecule has 0 spiro atoms. The Bertz CT molecular complexity index is 423. The van der Waals surface area contributed by atoms with Gasteiger partial charge in [0.2, 0.25) is 11.6 Å². The molecular formula is C10H18N6O2. The highest BCUT2D eigenvalue weighted by Gasteiger charge is 2.24. The van der Waals surface area contributed by atoms with Crippen LogP contribution in [0.2, 0.25) is 0 Å². The van der Waals surface area contributed by atoms with Crippen molar-refractivity contribution in [2.75, 3.05) is 10.7 Å². The van der Waals surface area contributed by atoms with Gasteiger partial charge in [-0.05, 0) is 12.3 Å². The number of hydrazine groups is 1. The van der Waals surface area contributed by atoms with E-state index in [4.69, 9.17) is 5.84 Å². The predicted octanol–water partition coefficient (Wildman–Crippen LogP) is 1.52. The van der Waals surface area contributed by atoms with E-state index in [1.54, 1.807) is 0 Å². The molecule has 4 N–H and O–H groups in total. The number of rotatable bonds is 6. The molecule has 8 heteroatoms. The fourth-order valence-corrected chi connectivity index (χ4v) is 1.68. The van der Waals surface area contributed by atoms with Crippen molar-refractivity contribution in [2.24, 2.45) is 11.8 Å². The highest BCUT2D eigenvalue weighted by molar-refractivity contribution is 5.69. The number of nitrogens with one attached hydrogen (secondary N) is 2. The van der Waals surface area contributed by atoms with Crippen molar-refractivity contribution < 1.29 is 4.92 Å². The monoisotopic (exact) mass is 254 g/mol. The number of hydrogen-bond acceptors (Lipinski definition) is 7. The molecule has 1 heterocycles. The number of anilines is 2. The molecule has 100 valence electrons. The molecule has 1 aromatic heterocycles. The third-order valence-electron chi connectivity index (χ3n) is 2.71. The molecule has 1 atom stereocenters. The summed E-state index contributed by atoms with van der Waals surface area (Å²) in [6, 6.07) is 0.101. The first-order valence-corrected chi connectivity index (χ1v) is 5.73. The lowest BCUT2D eigenvalue weighted by molar-refractivity contribution is -0.383. The highest BCUT2D eigenvalue weighted by Crippen LogP contribution is 2.29. The van der Waals surface area contributed by atoms with Crippen LogP contribution in [-0.4, -0.2) is 20.9 Å². The van der Waals surface area contributed by atoms with Crippen LogP contribution in [0.15, 0.2) is 6.33 Å². The second-order valence-corrected chi connectivity index (χ2v) is 4.22. The molecule has 0 saturated carbocycles. The average molecular weight is 254 g/mol. The molecule has 8 nitrogen and oxygen atoms in total. The molecule has 0 bridgehead atoms. The van der Waals surface area contributed by atoms with Gasteiger partial charge in [-0.15, -0.1) is 0 Å². The van der Waals surface area contributed by atoms with Gasteiger partial charge < -0.3 is 10.7 Å². The lowest BCUT2D eigenvalue weighted by Gasteiger charge is -2.21. The lowest BCUT2D eigenvalue weighted by atomic mass is 10.0. The van der Waals surface area contributed by atoms with Gasteiger partial charge in [-0.2, -0.15) is 0 Å². The Hall–Kier alpha value is -1.96. The van der Waals surface area contributed by atoms with Gasteiger partial charge in [-0.3, -0.25) is 10.1 Å². The first-order valence-electron chi connectivity index (χ1n) is 5.73. The number of aromatic nitrogens is 2. The smallest absolute Gasteiger partial charge is 0.354 e. The summed E-state index contributed by atoms with van der Waals surface area (Å²) in [7, 11) is 0. The topological polar surface area (TPSA) is 119 Å². The maximum Gasteiger partial charge on any atom is 0.354 e. The van der Waals surface area contributed by atoms with Gasteiger partial charge in [0.1, 0.15) is 6.33 Å². The van der Waals surface area contributed by atoms with Crippen molar-refractivity contribution in [3.05, 3.63) is 16.4 Å². The Morgan fingerprint density at radius 2 is 2.06 bits per heavy atom. The first-order chi connectivity index (χ1) is 8.51. The van der Waals surface area contributed by atoms with Gasteiger partial charge in [-0.1, -0.05) is 20.8 Å². The molecule has 0 fully saturated rings. The highest BCUT2D eigenvalue weighted by atomic mass is 16.6. The SMILES string of the molecule is CCC(Nc1ncnc(NN)c1[N+](=O)[O-])C(C)C. The molecule has 1 unspecified atom stereocenters. The molecule has 0 aliphatic carbocycles. The Morgan fingerprint density at radius 3 is 2.50 bits per heavy atom. The van der Waals surface area contributed by atoms with Gasteiger partial charge in [0.25, 0.3) is 0 Å². The zero-order chi connectivity index (χ0) is 13.7. The summed E-state index contributed by atoms with van der Waals surface area (Å²) in [4.78, 5) is 18.1. The van der Waals surface area contributed by atoms with Crippen LogP contribution in [0.1, 0.15) is 27.2 Å². The van der Waals surface area contributed by atoms with Crippen molar-refractivity contribution in [3.8, 4) is 0 Å². The van der Waals surface area contributed by atoms with E-state index in [9.17, 15) is 10.1 Å². The van der Waals surface area contributed by atoms with E-state index in [0.717, 1.165) is 6.42 Å². The quantitative estimate of drug-likeness (QED) is 0.400. The maximum atomic E-state index is 11.0. The molecular weight excluding hydrogens is 236 g/mol. The van der Waals surface area contributed by atoms with Crippen LogP contribution in [0.4, 0.5) is 17.3 Å². The van der Waals surface area contributed by atoms with Crippen molar-refractivity contribution in [1.29, 1.82) is 0 Å². The van der Waals surface area contributed by atoms with Gasteiger partial charge in [0.05, 0.1) is 4.92 Å². The standard InChI is InChI=1S/C10H18N6O2/c1-4-7(6(2)3)14-9-8(16(17)18)10(15-11)13-5-12-9/h5-7H,4,11H2,1-3H3,(H2,12,13,14,15). The van der Waals surface area contributed by atoms with E-state index < -0.39 is 4.92 Å². The molecule has 0 aromatic carbocycles. The third-order valence-corrected chi connectivity index (χ3v) is 2.71. The number of hydrogen-bond donors (Lipinski definition) is 3. The minimum absolute atomic E-state index is 0.00360. The predicted molar refractivity (Wildman–Crippen MR) is 69.0 cm³/mol. The minimum atomic E-state index is -0.551. The summed E-state index contributed by atoms with van der Waals surface area (Å²) in [5, 5.41) is 14.1. The van der Waals surface area contributed by atoms with Crippen molar-refractivity contribution in [1.82, 2.24) is 9.97 Å². The van der Waals surface area contributed by atoms with E-state index >= 15 is 0 Å². The van der Waals surface area contributed by atoms with Crippen LogP contribution in [0.25, 0.3) is 0 Å². The second kappa shape index (κ2) is 6.10. The number of nitrogens with two attached hydrogens (primary N) is 1. The molecule has 1 rings (SSSR count). The van der Waals surface area contributed by atoms with Crippen molar-refractivity contribution in [3.63, 3.8) is 0 Å². The van der Waals surface area contributed by atoms with E-state index in [2.05, 4.69) is 20.7 Å². The summed E-state index contributed by atoms with van der Waals surface area (Å²) in [6.45, 7) is 6.08. The van der Waals surface area contributed by atoms with E-state index in [1.165, 1.54) is 6.33 Å². The van der Waals surface area contributed by atoms with Crippen LogP contribution in [0.5, 0.6) is 0 Å². The van der Waals surface area contributed by atoms with Gasteiger partial charge in [-0.25, -0.2) is 15.8 Å². The summed E-state index contributed by atoms with van der Waals surface area (Å²) < 4.78 is 0. The van der Waals surface area contributed by atoms with Crippen molar-refractivity contribution >= 4 is 17.3 Å². The number of nitrogens with zero attached hydrogens (tertiary/aromatic N) is 3. The van der Waals surface area contributed by atoms with Gasteiger partial charge in [0, 0.05) is 6.04 Å². The van der Waals surface area contributed by atoms with Crippen molar-refractivity contribution in [2.45, 2.75) is 33.2 Å². The minimum Gasteiger partial charge on any atom is -0.361 e. The van der Waals surface area contributed by atoms with Crippen LogP contribution in [-0.2, 0) is 0 Å². The maximum absolute atomic E-state index is 11.0. The van der Waals surface area contributed by atoms with Crippen LogP contribution < -0.4 is 16.6 Å². The van der Waals surface area contributed by atoms with E-state index in [-0.39, 0.29) is 23.4 Å². The Kier molecular flexibility index (Phi) is 4.78. The summed E-state index contributed by atoms with van der Waals surface area (Å²) >= 11 is 0. The van der Waals surface area contributed by atoms with Gasteiger partial charge in [0.15, 0.2) is 0 Å². The molecule has 0 amide bonds. The van der Waals surface area contributed by atoms with E-state index in [0.29, 0.717) is 5.92 Å². The Balaban J connectivity index is 3.12. The molecule has 0 saturated heterocycles. The third kappa shape index (κ3) is 3.04. The lowest BCUT2D eigenvalue weighted by Crippen LogP contribution is -2.26. The summed E-state index contributed by atoms with van der Waals surface area (Å²) in [5.74, 6) is 5.72. The fourth-order valence-electron chi connectivity index (χ4n) is 1.68. The summed E-state index contributed by atoms with van der Waals surface area (Å²) in [5.41, 5.74) is 1.97. The Labute approximate surface area is 105 Å². The summed E-state index contributed by atoms with van der Waals surface area (Å²) in [6.07, 6.45) is 2.07. The van der Waals surface area contributed by atoms with Crippen LogP contribution >= 0.6 is 0 Å². The molecule has 0 radical (unpaired) electrons.